The summed E-state index contributed by atoms with van der Waals surface area (Å²) >= 11 is 0. The van der Waals surface area contributed by atoms with Crippen molar-refractivity contribution in [1.29, 1.82) is 0 Å². The molecular weight excluding hydrogens is 825 g/mol. The molecule has 0 aliphatic carbocycles. The van der Waals surface area contributed by atoms with Gasteiger partial charge < -0.3 is 29.5 Å². The van der Waals surface area contributed by atoms with E-state index in [1.807, 2.05) is 100 Å². The smallest absolute Gasteiger partial charge is 0.180 e. The Bertz CT molecular complexity index is 2020. The minimum atomic E-state index is -3.56. The van der Waals surface area contributed by atoms with Gasteiger partial charge in [0.25, 0.3) is 0 Å². The van der Waals surface area contributed by atoms with Crippen LogP contribution in [0.3, 0.4) is 0 Å². The summed E-state index contributed by atoms with van der Waals surface area (Å²) in [6, 6.07) is 30.5. The minimum absolute atomic E-state index is 0.0751. The van der Waals surface area contributed by atoms with Crippen LogP contribution >= 0.6 is 0 Å². The Morgan fingerprint density at radius 2 is 1.02 bits per heavy atom. The van der Waals surface area contributed by atoms with Gasteiger partial charge in [-0.15, -0.1) is 0 Å². The molecule has 4 aromatic carbocycles. The Hall–Kier alpha value is -4.14. The van der Waals surface area contributed by atoms with Gasteiger partial charge in [-0.3, -0.25) is 0 Å². The van der Waals surface area contributed by atoms with Gasteiger partial charge in [0, 0.05) is 23.7 Å². The normalized spacial score (nSPS) is 20.6. The fraction of sp³-hybridized carbons (Fsp3) is 0.510. The van der Waals surface area contributed by atoms with Crippen LogP contribution in [0.2, 0.25) is 0 Å². The summed E-state index contributed by atoms with van der Waals surface area (Å²) in [4.78, 5) is 0.568. The molecule has 0 saturated heterocycles. The van der Waals surface area contributed by atoms with E-state index in [1.54, 1.807) is 25.3 Å². The Labute approximate surface area is 374 Å². The molecule has 0 saturated carbocycles. The van der Waals surface area contributed by atoms with Crippen molar-refractivity contribution in [3.8, 4) is 23.0 Å². The topological polar surface area (TPSA) is 141 Å². The third-order valence-electron chi connectivity index (χ3n) is 11.2. The lowest BCUT2D eigenvalue weighted by molar-refractivity contribution is -0.178. The van der Waals surface area contributed by atoms with Crippen molar-refractivity contribution in [2.24, 2.45) is 0 Å². The predicted molar refractivity (Wildman–Crippen MR) is 251 cm³/mol. The van der Waals surface area contributed by atoms with Gasteiger partial charge >= 0.3 is 0 Å². The van der Waals surface area contributed by atoms with Crippen molar-refractivity contribution in [2.75, 3.05) is 39.9 Å². The molecule has 0 amide bonds. The van der Waals surface area contributed by atoms with Gasteiger partial charge in [-0.25, -0.2) is 16.8 Å². The van der Waals surface area contributed by atoms with Gasteiger partial charge in [-0.1, -0.05) is 140 Å². The highest BCUT2D eigenvalue weighted by Crippen LogP contribution is 2.42. The van der Waals surface area contributed by atoms with E-state index in [0.717, 1.165) is 44.1 Å². The number of sulfone groups is 2. The minimum Gasteiger partial charge on any atom is -0.493 e. The zero-order valence-electron chi connectivity index (χ0n) is 39.1. The van der Waals surface area contributed by atoms with Crippen molar-refractivity contribution >= 4 is 19.7 Å². The first-order chi connectivity index (χ1) is 29.6. The molecule has 3 atom stereocenters. The van der Waals surface area contributed by atoms with Crippen LogP contribution in [-0.4, -0.2) is 78.1 Å². The number of rotatable bonds is 12. The summed E-state index contributed by atoms with van der Waals surface area (Å²) in [6.45, 7) is 14.3. The largest absolute Gasteiger partial charge is 0.493 e. The molecule has 4 aromatic rings. The van der Waals surface area contributed by atoms with E-state index in [-0.39, 0.29) is 29.0 Å². The lowest BCUT2D eigenvalue weighted by atomic mass is 9.90. The number of hydroxylamine groups is 2. The van der Waals surface area contributed by atoms with Gasteiger partial charge in [-0.05, 0) is 55.9 Å². The van der Waals surface area contributed by atoms with Crippen molar-refractivity contribution in [3.63, 3.8) is 0 Å². The van der Waals surface area contributed by atoms with Crippen LogP contribution in [0.5, 0.6) is 23.0 Å². The summed E-state index contributed by atoms with van der Waals surface area (Å²) in [5.41, 5.74) is 0.115. The zero-order chi connectivity index (χ0) is 46.4. The number of nitrogens with zero attached hydrogens (tertiary/aromatic N) is 1. The molecule has 346 valence electrons. The first-order valence-corrected chi connectivity index (χ1v) is 25.2. The van der Waals surface area contributed by atoms with Crippen LogP contribution in [0.4, 0.5) is 0 Å². The number of nitrogens with one attached hydrogen (secondary N) is 1. The molecule has 2 N–H and O–H groups in total. The Morgan fingerprint density at radius 1 is 0.613 bits per heavy atom. The summed E-state index contributed by atoms with van der Waals surface area (Å²) in [6.07, 6.45) is 6.69. The highest BCUT2D eigenvalue weighted by molar-refractivity contribution is 7.91. The third kappa shape index (κ3) is 14.7. The molecule has 0 aromatic heterocycles. The fourth-order valence-corrected chi connectivity index (χ4v) is 12.0. The number of hydrogen-bond acceptors (Lipinski definition) is 11. The van der Waals surface area contributed by atoms with E-state index < -0.39 is 30.8 Å². The van der Waals surface area contributed by atoms with Crippen molar-refractivity contribution in [1.82, 2.24) is 10.4 Å². The summed E-state index contributed by atoms with van der Waals surface area (Å²) in [7, 11) is -0.913. The molecule has 0 radical (unpaired) electrons. The molecule has 6 rings (SSSR count). The lowest BCUT2D eigenvalue weighted by Gasteiger charge is -2.37. The number of ether oxygens (including phenoxy) is 4. The van der Waals surface area contributed by atoms with Crippen LogP contribution in [0, 0.1) is 0 Å². The molecule has 11 nitrogen and oxygen atoms in total. The van der Waals surface area contributed by atoms with E-state index in [2.05, 4.69) is 26.1 Å². The third-order valence-corrected chi connectivity index (χ3v) is 15.1. The molecule has 0 bridgehead atoms. The average Bonchev–Trinajstić information content (AvgIpc) is 3.44. The molecule has 62 heavy (non-hydrogen) atoms. The van der Waals surface area contributed by atoms with Crippen LogP contribution in [-0.2, 0) is 26.2 Å². The zero-order valence-corrected chi connectivity index (χ0v) is 40.7. The van der Waals surface area contributed by atoms with Gasteiger partial charge in [0.05, 0.1) is 61.8 Å². The van der Waals surface area contributed by atoms with E-state index in [1.165, 1.54) is 32.5 Å². The average molecular weight is 899 g/mol. The Kier molecular flexibility index (Phi) is 23.1. The van der Waals surface area contributed by atoms with Gasteiger partial charge in [0.15, 0.2) is 42.7 Å². The monoisotopic (exact) mass is 898 g/mol. The predicted octanol–water partition coefficient (Wildman–Crippen LogP) is 10.9. The number of unbranched alkanes of at least 4 members (excludes halogenated alkanes) is 2. The van der Waals surface area contributed by atoms with Gasteiger partial charge in [-0.2, -0.15) is 5.06 Å². The highest BCUT2D eigenvalue weighted by Gasteiger charge is 2.44. The molecule has 2 heterocycles. The second kappa shape index (κ2) is 26.5. The number of methoxy groups -OCH3 is 4. The van der Waals surface area contributed by atoms with Gasteiger partial charge in [0.1, 0.15) is 0 Å². The first-order valence-electron chi connectivity index (χ1n) is 21.9. The summed E-state index contributed by atoms with van der Waals surface area (Å²) < 4.78 is 73.4. The van der Waals surface area contributed by atoms with Crippen LogP contribution in [0.15, 0.2) is 107 Å². The van der Waals surface area contributed by atoms with Crippen LogP contribution < -0.4 is 24.3 Å². The molecule has 0 spiro atoms. The fourth-order valence-electron chi connectivity index (χ4n) is 7.63. The van der Waals surface area contributed by atoms with Crippen molar-refractivity contribution < 1.29 is 41.0 Å². The first kappa shape index (κ1) is 54.0. The molecule has 13 heteroatoms. The maximum Gasteiger partial charge on any atom is 0.180 e. The summed E-state index contributed by atoms with van der Waals surface area (Å²) in [5.74, 6) is 1.85. The maximum atomic E-state index is 13.1. The van der Waals surface area contributed by atoms with E-state index in [9.17, 15) is 22.0 Å². The summed E-state index contributed by atoms with van der Waals surface area (Å²) in [5, 5.41) is 15.5. The number of hydrogen-bond donors (Lipinski definition) is 2. The highest BCUT2D eigenvalue weighted by atomic mass is 32.2. The van der Waals surface area contributed by atoms with E-state index in [0.29, 0.717) is 46.3 Å². The standard InChI is InChI=1S/C18H29NO4S.C17H27NO5S.2C6H6.C2H6/c1-6-8-9-18(7-2)12-24(20,21)17-11-16(23-5)15(22-4)10-14(17)13(3)19-18;1-5-7-8-17(6-2)12-24(20,21)16-10-15(23-4)14(22-3)9-13(16)11-18(17)19;2*1-2-4-6-5-3-1;1-2/h10-11,13,19H,6-9,12H2,1-5H3;9-10,19H,5-8,11-12H2,1-4H3;2*1-6H;1-2H3/t13?,18-;17-;;;/m00.../s1. The molecule has 0 fully saturated rings. The van der Waals surface area contributed by atoms with Crippen molar-refractivity contribution in [2.45, 2.75) is 133 Å². The van der Waals surface area contributed by atoms with Crippen LogP contribution in [0.1, 0.15) is 117 Å². The number of benzene rings is 4. The molecule has 2 aliphatic heterocycles. The quantitative estimate of drug-likeness (QED) is 0.140. The Morgan fingerprint density at radius 3 is 1.44 bits per heavy atom. The van der Waals surface area contributed by atoms with Crippen molar-refractivity contribution in [3.05, 3.63) is 108 Å². The van der Waals surface area contributed by atoms with E-state index in [4.69, 9.17) is 18.9 Å². The molecule has 1 unspecified atom stereocenters. The number of fused-ring (bicyclic) bond motifs is 2. The molecule has 2 aliphatic rings. The van der Waals surface area contributed by atoms with Crippen LogP contribution in [0.25, 0.3) is 0 Å². The second-order valence-corrected chi connectivity index (χ2v) is 19.1. The second-order valence-electron chi connectivity index (χ2n) is 15.2. The maximum absolute atomic E-state index is 13.1. The lowest BCUT2D eigenvalue weighted by Crippen LogP contribution is -2.49. The molecular formula is C49H74N2O9S2. The van der Waals surface area contributed by atoms with Gasteiger partial charge in [0.2, 0.25) is 0 Å². The Balaban J connectivity index is 0.000000325. The SMILES string of the molecule is CC.CCCC[C@@]1(CC)CS(=O)(=O)c2cc(OC)c(OC)cc2C(C)N1.CCCC[C@@]1(CC)CS(=O)(=O)c2cc(OC)c(OC)cc2CN1O.c1ccccc1.c1ccccc1. The van der Waals surface area contributed by atoms with E-state index >= 15 is 0 Å².